The average molecular weight is 361 g/mol. The summed E-state index contributed by atoms with van der Waals surface area (Å²) in [5.41, 5.74) is 4.60. The summed E-state index contributed by atoms with van der Waals surface area (Å²) in [5.74, 6) is -0.0187. The zero-order valence-electron chi connectivity index (χ0n) is 14.1. The molecule has 1 aliphatic rings. The van der Waals surface area contributed by atoms with E-state index < -0.39 is 13.7 Å². The van der Waals surface area contributed by atoms with Crippen molar-refractivity contribution >= 4 is 13.7 Å². The van der Waals surface area contributed by atoms with Crippen molar-refractivity contribution in [1.82, 2.24) is 5.32 Å². The SMILES string of the molecule is COP(=O)(CNC(=O)OCC1c2ccccc2-c2ccccc21)OC. The van der Waals surface area contributed by atoms with Crippen LogP contribution in [0.25, 0.3) is 11.1 Å². The van der Waals surface area contributed by atoms with Crippen LogP contribution in [0.1, 0.15) is 17.0 Å². The number of carbonyl (C=O) groups excluding carboxylic acids is 1. The Morgan fingerprint density at radius 1 is 1.00 bits per heavy atom. The molecule has 0 saturated carbocycles. The summed E-state index contributed by atoms with van der Waals surface area (Å²) in [7, 11) is -0.767. The van der Waals surface area contributed by atoms with E-state index in [4.69, 9.17) is 13.8 Å². The minimum atomic E-state index is -3.30. The highest BCUT2D eigenvalue weighted by Crippen LogP contribution is 2.45. The number of hydrogen-bond acceptors (Lipinski definition) is 5. The highest BCUT2D eigenvalue weighted by Gasteiger charge is 2.29. The number of rotatable bonds is 6. The number of alkyl carbamates (subject to hydrolysis) is 1. The average Bonchev–Trinajstić information content (AvgIpc) is 2.98. The van der Waals surface area contributed by atoms with Crippen LogP contribution in [-0.2, 0) is 18.3 Å². The van der Waals surface area contributed by atoms with Crippen LogP contribution in [-0.4, -0.2) is 33.2 Å². The van der Waals surface area contributed by atoms with Gasteiger partial charge in [0.2, 0.25) is 0 Å². The number of nitrogens with one attached hydrogen (secondary N) is 1. The first-order valence-electron chi connectivity index (χ1n) is 7.87. The van der Waals surface area contributed by atoms with E-state index in [0.29, 0.717) is 0 Å². The van der Waals surface area contributed by atoms with Crippen LogP contribution >= 0.6 is 7.60 Å². The first-order chi connectivity index (χ1) is 12.1. The summed E-state index contributed by atoms with van der Waals surface area (Å²) in [5, 5.41) is 2.42. The fraction of sp³-hybridized carbons (Fsp3) is 0.278. The number of benzene rings is 2. The Balaban J connectivity index is 1.68. The highest BCUT2D eigenvalue weighted by molar-refractivity contribution is 7.53. The Kier molecular flexibility index (Phi) is 5.23. The molecule has 0 aromatic heterocycles. The molecule has 0 bridgehead atoms. The van der Waals surface area contributed by atoms with E-state index in [1.165, 1.54) is 14.2 Å². The molecule has 132 valence electrons. The van der Waals surface area contributed by atoms with Crippen molar-refractivity contribution < 1.29 is 23.1 Å². The van der Waals surface area contributed by atoms with Gasteiger partial charge in [-0.05, 0) is 22.3 Å². The van der Waals surface area contributed by atoms with Gasteiger partial charge in [-0.3, -0.25) is 4.57 Å². The maximum atomic E-state index is 11.9. The number of hydrogen-bond donors (Lipinski definition) is 1. The molecule has 0 unspecified atom stereocenters. The molecule has 6 nitrogen and oxygen atoms in total. The number of carbonyl (C=O) groups is 1. The number of amides is 1. The van der Waals surface area contributed by atoms with Gasteiger partial charge >= 0.3 is 13.7 Å². The van der Waals surface area contributed by atoms with Crippen molar-refractivity contribution in [2.45, 2.75) is 5.92 Å². The fourth-order valence-electron chi connectivity index (χ4n) is 3.01. The maximum Gasteiger partial charge on any atom is 0.407 e. The Bertz CT molecular complexity index is 769. The van der Waals surface area contributed by atoms with E-state index in [2.05, 4.69) is 17.4 Å². The lowest BCUT2D eigenvalue weighted by atomic mass is 9.98. The quantitative estimate of drug-likeness (QED) is 0.788. The van der Waals surface area contributed by atoms with Gasteiger partial charge in [0.25, 0.3) is 0 Å². The highest BCUT2D eigenvalue weighted by atomic mass is 31.2. The second-order valence-electron chi connectivity index (χ2n) is 5.64. The second kappa shape index (κ2) is 7.40. The number of ether oxygens (including phenoxy) is 1. The summed E-state index contributed by atoms with van der Waals surface area (Å²) >= 11 is 0. The van der Waals surface area contributed by atoms with Gasteiger partial charge in [0.05, 0.1) is 0 Å². The summed E-state index contributed by atoms with van der Waals surface area (Å²) in [6, 6.07) is 16.2. The van der Waals surface area contributed by atoms with Crippen molar-refractivity contribution in [3.8, 4) is 11.1 Å². The third kappa shape index (κ3) is 3.61. The fourth-order valence-corrected chi connectivity index (χ4v) is 3.74. The summed E-state index contributed by atoms with van der Waals surface area (Å²) in [6.07, 6.45) is -0.896. The van der Waals surface area contributed by atoms with Crippen molar-refractivity contribution in [2.24, 2.45) is 0 Å². The molecule has 25 heavy (non-hydrogen) atoms. The molecule has 1 N–H and O–H groups in total. The monoisotopic (exact) mass is 361 g/mol. The Labute approximate surface area is 146 Å². The molecule has 7 heteroatoms. The van der Waals surface area contributed by atoms with Gasteiger partial charge in [-0.15, -0.1) is 0 Å². The van der Waals surface area contributed by atoms with Crippen molar-refractivity contribution in [2.75, 3.05) is 27.1 Å². The molecular formula is C18H20NO5P. The molecule has 0 atom stereocenters. The van der Waals surface area contributed by atoms with Crippen LogP contribution in [0.15, 0.2) is 48.5 Å². The Hall–Kier alpha value is -2.14. The van der Waals surface area contributed by atoms with Crippen LogP contribution in [0, 0.1) is 0 Å². The smallest absolute Gasteiger partial charge is 0.407 e. The maximum absolute atomic E-state index is 11.9. The van der Waals surface area contributed by atoms with Crippen molar-refractivity contribution in [3.63, 3.8) is 0 Å². The summed E-state index contributed by atoms with van der Waals surface area (Å²) < 4.78 is 26.8. The molecule has 0 heterocycles. The molecule has 1 amide bonds. The van der Waals surface area contributed by atoms with E-state index in [1.54, 1.807) is 0 Å². The van der Waals surface area contributed by atoms with E-state index in [-0.39, 0.29) is 18.8 Å². The van der Waals surface area contributed by atoms with Crippen molar-refractivity contribution in [1.29, 1.82) is 0 Å². The van der Waals surface area contributed by atoms with Crippen molar-refractivity contribution in [3.05, 3.63) is 59.7 Å². The van der Waals surface area contributed by atoms with Crippen LogP contribution in [0.4, 0.5) is 4.79 Å². The van der Waals surface area contributed by atoms with Gasteiger partial charge in [0.1, 0.15) is 12.9 Å². The summed E-state index contributed by atoms with van der Waals surface area (Å²) in [4.78, 5) is 11.9. The Morgan fingerprint density at radius 2 is 1.52 bits per heavy atom. The first kappa shape index (κ1) is 17.7. The third-order valence-electron chi connectivity index (χ3n) is 4.32. The lowest BCUT2D eigenvalue weighted by Crippen LogP contribution is -2.27. The molecule has 0 aliphatic heterocycles. The largest absolute Gasteiger partial charge is 0.449 e. The first-order valence-corrected chi connectivity index (χ1v) is 9.60. The summed E-state index contributed by atoms with van der Waals surface area (Å²) in [6.45, 7) is 0.199. The van der Waals surface area contributed by atoms with Gasteiger partial charge in [-0.25, -0.2) is 4.79 Å². The minimum absolute atomic E-state index is 0.0187. The topological polar surface area (TPSA) is 73.9 Å². The van der Waals surface area contributed by atoms with Gasteiger partial charge in [-0.1, -0.05) is 48.5 Å². The third-order valence-corrected chi connectivity index (χ3v) is 5.98. The van der Waals surface area contributed by atoms with Gasteiger partial charge in [-0.2, -0.15) is 0 Å². The lowest BCUT2D eigenvalue weighted by molar-refractivity contribution is 0.143. The predicted octanol–water partition coefficient (Wildman–Crippen LogP) is 3.97. The molecule has 0 saturated heterocycles. The van der Waals surface area contributed by atoms with Crippen LogP contribution in [0.2, 0.25) is 0 Å². The minimum Gasteiger partial charge on any atom is -0.449 e. The Morgan fingerprint density at radius 3 is 2.04 bits per heavy atom. The molecule has 0 radical (unpaired) electrons. The lowest BCUT2D eigenvalue weighted by Gasteiger charge is -2.16. The van der Waals surface area contributed by atoms with Crippen LogP contribution in [0.3, 0.4) is 0 Å². The molecule has 0 fully saturated rings. The van der Waals surface area contributed by atoms with Gasteiger partial charge in [0, 0.05) is 20.1 Å². The molecule has 0 spiro atoms. The van der Waals surface area contributed by atoms with E-state index in [9.17, 15) is 9.36 Å². The standard InChI is InChI=1S/C18H20NO5P/c1-22-25(21,23-2)12-19-18(20)24-11-17-15-9-5-3-7-13(15)14-8-4-6-10-16(14)17/h3-10,17H,11-12H2,1-2H3,(H,19,20). The normalized spacial score (nSPS) is 13.2. The van der Waals surface area contributed by atoms with Crippen LogP contribution < -0.4 is 5.32 Å². The van der Waals surface area contributed by atoms with Gasteiger partial charge in [0.15, 0.2) is 0 Å². The molecule has 1 aliphatic carbocycles. The second-order valence-corrected chi connectivity index (χ2v) is 7.90. The molecule has 2 aromatic rings. The van der Waals surface area contributed by atoms with Crippen LogP contribution in [0.5, 0.6) is 0 Å². The molecule has 3 rings (SSSR count). The molecule has 2 aromatic carbocycles. The zero-order valence-corrected chi connectivity index (χ0v) is 15.0. The van der Waals surface area contributed by atoms with E-state index >= 15 is 0 Å². The van der Waals surface area contributed by atoms with E-state index in [1.807, 2.05) is 36.4 Å². The van der Waals surface area contributed by atoms with Gasteiger partial charge < -0.3 is 19.1 Å². The molecular weight excluding hydrogens is 341 g/mol. The number of fused-ring (bicyclic) bond motifs is 3. The zero-order chi connectivity index (χ0) is 17.9. The van der Waals surface area contributed by atoms with E-state index in [0.717, 1.165) is 22.3 Å². The predicted molar refractivity (Wildman–Crippen MR) is 94.7 cm³/mol.